The third-order valence-corrected chi connectivity index (χ3v) is 10.0. The summed E-state index contributed by atoms with van der Waals surface area (Å²) >= 11 is 1.67. The molecule has 37 heavy (non-hydrogen) atoms. The normalized spacial score (nSPS) is 20.0. The Kier molecular flexibility index (Phi) is 13.2. The molecule has 1 unspecified atom stereocenters. The summed E-state index contributed by atoms with van der Waals surface area (Å²) in [5.74, 6) is -1.38. The van der Waals surface area contributed by atoms with Gasteiger partial charge in [0.05, 0.1) is 0 Å². The Labute approximate surface area is 225 Å². The Hall–Kier alpha value is -1.83. The van der Waals surface area contributed by atoms with Crippen molar-refractivity contribution in [2.75, 3.05) is 24.6 Å². The van der Waals surface area contributed by atoms with Crippen molar-refractivity contribution in [3.63, 3.8) is 0 Å². The van der Waals surface area contributed by atoms with Crippen molar-refractivity contribution in [1.29, 1.82) is 0 Å². The number of carbonyl (C=O) groups is 3. The highest BCUT2D eigenvalue weighted by atomic mass is 32.2. The number of aliphatic carboxylic acids is 1. The number of carboxylic acids is 1. The topological polar surface area (TPSA) is 110 Å². The maximum Gasteiger partial charge on any atom is 0.326 e. The van der Waals surface area contributed by atoms with Crippen LogP contribution in [0.15, 0.2) is 30.3 Å². The lowest BCUT2D eigenvalue weighted by molar-refractivity contribution is -0.169. The lowest BCUT2D eigenvalue weighted by Crippen LogP contribution is -2.42. The number of likely N-dealkylation sites (tertiary alicyclic amines) is 1. The van der Waals surface area contributed by atoms with Gasteiger partial charge in [0.1, 0.15) is 12.2 Å². The van der Waals surface area contributed by atoms with Crippen LogP contribution in [0.1, 0.15) is 65.4 Å². The van der Waals surface area contributed by atoms with Gasteiger partial charge < -0.3 is 14.7 Å². The van der Waals surface area contributed by atoms with Crippen LogP contribution in [0.2, 0.25) is 0 Å². The van der Waals surface area contributed by atoms with Gasteiger partial charge in [-0.3, -0.25) is 18.7 Å². The molecule has 208 valence electrons. The lowest BCUT2D eigenvalue weighted by atomic mass is 10.1. The van der Waals surface area contributed by atoms with Gasteiger partial charge in [-0.15, -0.1) is 0 Å². The van der Waals surface area contributed by atoms with E-state index in [1.807, 2.05) is 30.3 Å². The summed E-state index contributed by atoms with van der Waals surface area (Å²) in [6, 6.07) is 9.02. The molecule has 1 aliphatic rings. The fourth-order valence-electron chi connectivity index (χ4n) is 4.19. The summed E-state index contributed by atoms with van der Waals surface area (Å²) in [5, 5.41) is 9.77. The number of amides is 1. The number of carboxylic acid groups (broad SMARTS) is 1. The first-order valence-electron chi connectivity index (χ1n) is 13.2. The summed E-state index contributed by atoms with van der Waals surface area (Å²) in [5.41, 5.74) is 1.17. The summed E-state index contributed by atoms with van der Waals surface area (Å²) in [4.78, 5) is 38.6. The van der Waals surface area contributed by atoms with Crippen molar-refractivity contribution >= 4 is 37.0 Å². The van der Waals surface area contributed by atoms with E-state index in [2.05, 4.69) is 6.92 Å². The molecule has 1 aliphatic heterocycles. The van der Waals surface area contributed by atoms with E-state index in [1.54, 1.807) is 32.5 Å². The number of nitrogens with zero attached hydrogens (tertiary/aromatic N) is 1. The highest BCUT2D eigenvalue weighted by Gasteiger charge is 2.42. The van der Waals surface area contributed by atoms with Gasteiger partial charge in [-0.05, 0) is 43.4 Å². The van der Waals surface area contributed by atoms with Crippen LogP contribution in [0.4, 0.5) is 0 Å². The molecular weight excluding hydrogens is 513 g/mol. The molecule has 0 spiro atoms. The van der Waals surface area contributed by atoms with Gasteiger partial charge in [0.15, 0.2) is 0 Å². The highest BCUT2D eigenvalue weighted by molar-refractivity contribution is 7.99. The SMILES string of the molecule is CCCS[C@@H]1C[C@@H](C(=O)O)N(C(=O)CP(=O)(CCCCc2ccccc2)O[C@@H](OC(=O)CC)C(C)C)C1. The first-order valence-corrected chi connectivity index (χ1v) is 16.3. The molecular formula is C27H42NO7PS. The van der Waals surface area contributed by atoms with Gasteiger partial charge in [0.25, 0.3) is 0 Å². The zero-order chi connectivity index (χ0) is 27.4. The van der Waals surface area contributed by atoms with Crippen molar-refractivity contribution < 1.29 is 33.3 Å². The lowest BCUT2D eigenvalue weighted by Gasteiger charge is -2.29. The van der Waals surface area contributed by atoms with Crippen molar-refractivity contribution in [2.45, 2.75) is 83.8 Å². The molecule has 1 N–H and O–H groups in total. The number of esters is 1. The number of carbonyl (C=O) groups excluding carboxylic acids is 2. The number of hydrogen-bond acceptors (Lipinski definition) is 7. The maximum atomic E-state index is 14.1. The summed E-state index contributed by atoms with van der Waals surface area (Å²) in [7, 11) is -3.59. The third kappa shape index (κ3) is 10.5. The van der Waals surface area contributed by atoms with E-state index in [-0.39, 0.29) is 23.8 Å². The van der Waals surface area contributed by atoms with Gasteiger partial charge >= 0.3 is 11.9 Å². The van der Waals surface area contributed by atoms with Crippen molar-refractivity contribution in [3.8, 4) is 0 Å². The second-order valence-electron chi connectivity index (χ2n) is 9.83. The minimum Gasteiger partial charge on any atom is -0.480 e. The Morgan fingerprint density at radius 2 is 1.86 bits per heavy atom. The first-order chi connectivity index (χ1) is 17.6. The van der Waals surface area contributed by atoms with Crippen molar-refractivity contribution in [1.82, 2.24) is 4.90 Å². The number of hydrogen-bond donors (Lipinski definition) is 1. The van der Waals surface area contributed by atoms with Crippen LogP contribution >= 0.6 is 19.1 Å². The first kappa shape index (κ1) is 31.4. The summed E-state index contributed by atoms with van der Waals surface area (Å²) < 4.78 is 25.5. The third-order valence-electron chi connectivity index (χ3n) is 6.24. The molecule has 10 heteroatoms. The molecule has 0 aliphatic carbocycles. The van der Waals surface area contributed by atoms with Crippen LogP contribution in [-0.4, -0.2) is 70.1 Å². The molecule has 0 bridgehead atoms. The summed E-state index contributed by atoms with van der Waals surface area (Å²) in [6.45, 7) is 7.63. The minimum absolute atomic E-state index is 0.0325. The Morgan fingerprint density at radius 1 is 1.16 bits per heavy atom. The number of benzene rings is 1. The van der Waals surface area contributed by atoms with Crippen LogP contribution in [0.3, 0.4) is 0 Å². The predicted molar refractivity (Wildman–Crippen MR) is 147 cm³/mol. The molecule has 0 saturated carbocycles. The maximum absolute atomic E-state index is 14.1. The molecule has 1 aromatic rings. The number of ether oxygens (including phenoxy) is 1. The number of aryl methyl sites for hydroxylation is 1. The van der Waals surface area contributed by atoms with E-state index < -0.39 is 43.7 Å². The quantitative estimate of drug-likeness (QED) is 0.124. The van der Waals surface area contributed by atoms with Gasteiger partial charge in [0, 0.05) is 30.3 Å². The second-order valence-corrected chi connectivity index (χ2v) is 13.8. The van der Waals surface area contributed by atoms with Crippen LogP contribution in [-0.2, 0) is 34.6 Å². The van der Waals surface area contributed by atoms with Crippen LogP contribution in [0, 0.1) is 5.92 Å². The molecule has 1 aromatic carbocycles. The molecule has 1 amide bonds. The highest BCUT2D eigenvalue weighted by Crippen LogP contribution is 2.50. The molecule has 0 radical (unpaired) electrons. The van der Waals surface area contributed by atoms with E-state index >= 15 is 0 Å². The van der Waals surface area contributed by atoms with Crippen LogP contribution in [0.5, 0.6) is 0 Å². The molecule has 0 aromatic heterocycles. The number of thioether (sulfide) groups is 1. The minimum atomic E-state index is -3.59. The molecule has 8 nitrogen and oxygen atoms in total. The number of rotatable bonds is 16. The molecule has 1 fully saturated rings. The monoisotopic (exact) mass is 555 g/mol. The Balaban J connectivity index is 2.16. The van der Waals surface area contributed by atoms with Gasteiger partial charge in [-0.25, -0.2) is 4.79 Å². The standard InChI is InChI=1S/C27H42NO7PS/c1-5-16-37-22-17-23(26(31)32)28(18-22)24(29)19-36(33,35-27(20(3)4)34-25(30)6-2)15-11-10-14-21-12-8-7-9-13-21/h7-9,12-13,20,22-23,27H,5-6,10-11,14-19H2,1-4H3,(H,31,32)/t22-,23+,27-,36?/m1/s1. The predicted octanol–water partition coefficient (Wildman–Crippen LogP) is 5.44. The Bertz CT molecular complexity index is 927. The van der Waals surface area contributed by atoms with Gasteiger partial charge in [0.2, 0.25) is 19.6 Å². The fraction of sp³-hybridized carbons (Fsp3) is 0.667. The number of unbranched alkanes of at least 4 members (excludes halogenated alkanes) is 1. The van der Waals surface area contributed by atoms with Gasteiger partial charge in [-0.1, -0.05) is 58.0 Å². The molecule has 4 atom stereocenters. The van der Waals surface area contributed by atoms with E-state index in [4.69, 9.17) is 9.26 Å². The average Bonchev–Trinajstić information content (AvgIpc) is 3.30. The molecule has 1 heterocycles. The Morgan fingerprint density at radius 3 is 2.46 bits per heavy atom. The van der Waals surface area contributed by atoms with E-state index in [9.17, 15) is 24.1 Å². The van der Waals surface area contributed by atoms with Crippen molar-refractivity contribution in [3.05, 3.63) is 35.9 Å². The largest absolute Gasteiger partial charge is 0.480 e. The smallest absolute Gasteiger partial charge is 0.326 e. The van der Waals surface area contributed by atoms with E-state index in [0.717, 1.165) is 25.0 Å². The second kappa shape index (κ2) is 15.6. The van der Waals surface area contributed by atoms with Gasteiger partial charge in [-0.2, -0.15) is 11.8 Å². The molecule has 2 rings (SSSR count). The van der Waals surface area contributed by atoms with Crippen molar-refractivity contribution in [2.24, 2.45) is 5.92 Å². The summed E-state index contributed by atoms with van der Waals surface area (Å²) in [6.07, 6.45) is 2.31. The van der Waals surface area contributed by atoms with Crippen LogP contribution < -0.4 is 0 Å². The molecule has 1 saturated heterocycles. The van der Waals surface area contributed by atoms with Crippen LogP contribution in [0.25, 0.3) is 0 Å². The zero-order valence-corrected chi connectivity index (χ0v) is 24.2. The van der Waals surface area contributed by atoms with E-state index in [1.165, 1.54) is 10.5 Å². The van der Waals surface area contributed by atoms with E-state index in [0.29, 0.717) is 19.4 Å². The average molecular weight is 556 g/mol. The zero-order valence-electron chi connectivity index (χ0n) is 22.5. The fourth-order valence-corrected chi connectivity index (χ4v) is 7.64.